The molecule has 0 atom stereocenters. The van der Waals surface area contributed by atoms with Crippen molar-refractivity contribution in [3.05, 3.63) is 42.2 Å². The van der Waals surface area contributed by atoms with Gasteiger partial charge < -0.3 is 4.74 Å². The standard InChI is InChI=1S/C44H70N2O2/c1-3-5-7-9-11-12-13-15-17-19-21-37-34-45-43(46-35-37)40-30-32-42(33-31-40)48-44(47)41-28-26-39(27-29-41)38-24-22-36(23-25-38)20-18-16-14-10-8-6-4-2/h30-36,38-39,41H,3-29H2,1-2H3/t36-,38-,39-,41-. The highest BCUT2D eigenvalue weighted by Gasteiger charge is 2.33. The largest absolute Gasteiger partial charge is 0.426 e. The number of hydrogen-bond donors (Lipinski definition) is 0. The first-order valence-electron chi connectivity index (χ1n) is 20.8. The maximum atomic E-state index is 13.0. The van der Waals surface area contributed by atoms with E-state index in [0.717, 1.165) is 48.4 Å². The van der Waals surface area contributed by atoms with E-state index >= 15 is 0 Å². The van der Waals surface area contributed by atoms with Crippen molar-refractivity contribution in [2.75, 3.05) is 0 Å². The van der Waals surface area contributed by atoms with Gasteiger partial charge in [-0.05, 0) is 98.9 Å². The molecule has 0 bridgehead atoms. The van der Waals surface area contributed by atoms with Crippen LogP contribution in [0.4, 0.5) is 0 Å². The topological polar surface area (TPSA) is 52.1 Å². The molecule has 2 aromatic rings. The van der Waals surface area contributed by atoms with Crippen LogP contribution in [0.1, 0.15) is 186 Å². The lowest BCUT2D eigenvalue weighted by Crippen LogP contribution is -2.30. The Balaban J connectivity index is 1.07. The molecule has 4 heteroatoms. The molecule has 4 nitrogen and oxygen atoms in total. The lowest BCUT2D eigenvalue weighted by atomic mass is 9.68. The van der Waals surface area contributed by atoms with Crippen LogP contribution in [-0.2, 0) is 11.2 Å². The molecule has 2 aliphatic rings. The molecule has 1 aromatic carbocycles. The van der Waals surface area contributed by atoms with Crippen LogP contribution >= 0.6 is 0 Å². The molecule has 48 heavy (non-hydrogen) atoms. The number of rotatable bonds is 23. The Morgan fingerprint density at radius 2 is 1.08 bits per heavy atom. The zero-order valence-corrected chi connectivity index (χ0v) is 31.1. The Hall–Kier alpha value is -2.23. The molecule has 1 heterocycles. The molecule has 2 aliphatic carbocycles. The molecule has 0 saturated heterocycles. The van der Waals surface area contributed by atoms with Crippen molar-refractivity contribution >= 4 is 5.97 Å². The maximum Gasteiger partial charge on any atom is 0.314 e. The van der Waals surface area contributed by atoms with Gasteiger partial charge in [0.25, 0.3) is 0 Å². The lowest BCUT2D eigenvalue weighted by Gasteiger charge is -2.37. The highest BCUT2D eigenvalue weighted by atomic mass is 16.5. The summed E-state index contributed by atoms with van der Waals surface area (Å²) in [7, 11) is 0. The van der Waals surface area contributed by atoms with Crippen LogP contribution in [0.15, 0.2) is 36.7 Å². The minimum Gasteiger partial charge on any atom is -0.426 e. The number of hydrogen-bond acceptors (Lipinski definition) is 4. The molecule has 0 radical (unpaired) electrons. The summed E-state index contributed by atoms with van der Waals surface area (Å²) < 4.78 is 5.85. The fourth-order valence-electron chi connectivity index (χ4n) is 8.49. The molecule has 0 aliphatic heterocycles. The summed E-state index contributed by atoms with van der Waals surface area (Å²) in [5, 5.41) is 0. The molecule has 0 unspecified atom stereocenters. The van der Waals surface area contributed by atoms with Crippen LogP contribution in [0.5, 0.6) is 5.75 Å². The fraction of sp³-hybridized carbons (Fsp3) is 0.750. The molecule has 4 rings (SSSR count). The van der Waals surface area contributed by atoms with Gasteiger partial charge in [-0.1, -0.05) is 136 Å². The Labute approximate surface area is 295 Å². The molecular weight excluding hydrogens is 588 g/mol. The number of unbranched alkanes of at least 4 members (excludes halogenated alkanes) is 15. The van der Waals surface area contributed by atoms with Gasteiger partial charge in [0.1, 0.15) is 5.75 Å². The van der Waals surface area contributed by atoms with Gasteiger partial charge >= 0.3 is 5.97 Å². The summed E-state index contributed by atoms with van der Waals surface area (Å²) in [6.45, 7) is 4.58. The first-order valence-corrected chi connectivity index (χ1v) is 20.8. The van der Waals surface area contributed by atoms with Crippen molar-refractivity contribution in [2.24, 2.45) is 23.7 Å². The van der Waals surface area contributed by atoms with E-state index in [1.807, 2.05) is 36.7 Å². The summed E-state index contributed by atoms with van der Waals surface area (Å²) in [6.07, 6.45) is 40.0. The van der Waals surface area contributed by atoms with Crippen LogP contribution in [0.3, 0.4) is 0 Å². The minimum absolute atomic E-state index is 0.0426. The van der Waals surface area contributed by atoms with E-state index in [2.05, 4.69) is 23.8 Å². The minimum atomic E-state index is -0.0489. The van der Waals surface area contributed by atoms with Crippen LogP contribution in [0.2, 0.25) is 0 Å². The molecular formula is C44H70N2O2. The summed E-state index contributed by atoms with van der Waals surface area (Å²) in [6, 6.07) is 7.73. The lowest BCUT2D eigenvalue weighted by molar-refractivity contribution is -0.140. The molecule has 1 aromatic heterocycles. The number of aryl methyl sites for hydroxylation is 1. The number of aromatic nitrogens is 2. The van der Waals surface area contributed by atoms with Crippen molar-refractivity contribution in [3.8, 4) is 17.1 Å². The van der Waals surface area contributed by atoms with Gasteiger partial charge in [0, 0.05) is 18.0 Å². The van der Waals surface area contributed by atoms with Crippen molar-refractivity contribution in [1.82, 2.24) is 9.97 Å². The second kappa shape index (κ2) is 23.2. The third-order valence-corrected chi connectivity index (χ3v) is 11.7. The fourth-order valence-corrected chi connectivity index (χ4v) is 8.49. The Kier molecular flexibility index (Phi) is 18.7. The zero-order valence-electron chi connectivity index (χ0n) is 31.1. The Morgan fingerprint density at radius 3 is 1.62 bits per heavy atom. The number of nitrogens with zero attached hydrogens (tertiary/aromatic N) is 2. The molecule has 0 N–H and O–H groups in total. The van der Waals surface area contributed by atoms with Gasteiger partial charge in [-0.2, -0.15) is 0 Å². The van der Waals surface area contributed by atoms with E-state index in [1.54, 1.807) is 0 Å². The van der Waals surface area contributed by atoms with Crippen LogP contribution in [0, 0.1) is 23.7 Å². The van der Waals surface area contributed by atoms with E-state index in [9.17, 15) is 4.79 Å². The van der Waals surface area contributed by atoms with Crippen LogP contribution in [0.25, 0.3) is 11.4 Å². The van der Waals surface area contributed by atoms with Gasteiger partial charge in [0.15, 0.2) is 5.82 Å². The van der Waals surface area contributed by atoms with E-state index in [1.165, 1.54) is 160 Å². The Bertz CT molecular complexity index is 1100. The summed E-state index contributed by atoms with van der Waals surface area (Å²) in [4.78, 5) is 22.3. The number of ether oxygens (including phenoxy) is 1. The zero-order chi connectivity index (χ0) is 33.7. The molecule has 0 spiro atoms. The summed E-state index contributed by atoms with van der Waals surface area (Å²) in [5.41, 5.74) is 2.17. The van der Waals surface area contributed by atoms with E-state index in [0.29, 0.717) is 5.75 Å². The average molecular weight is 659 g/mol. The van der Waals surface area contributed by atoms with Gasteiger partial charge in [-0.25, -0.2) is 9.97 Å². The normalized spacial score (nSPS) is 21.3. The second-order valence-corrected chi connectivity index (χ2v) is 15.6. The van der Waals surface area contributed by atoms with Crippen LogP contribution in [-0.4, -0.2) is 15.9 Å². The predicted molar refractivity (Wildman–Crippen MR) is 202 cm³/mol. The highest BCUT2D eigenvalue weighted by Crippen LogP contribution is 2.42. The maximum absolute atomic E-state index is 13.0. The molecule has 268 valence electrons. The first-order chi connectivity index (χ1) is 23.7. The van der Waals surface area contributed by atoms with Crippen molar-refractivity contribution in [3.63, 3.8) is 0 Å². The third-order valence-electron chi connectivity index (χ3n) is 11.7. The van der Waals surface area contributed by atoms with Crippen molar-refractivity contribution in [1.29, 1.82) is 0 Å². The van der Waals surface area contributed by atoms with E-state index in [-0.39, 0.29) is 11.9 Å². The SMILES string of the molecule is CCCCCCCCCCCCc1cnc(-c2ccc(OC(=O)[C@H]3CC[C@H]([C@H]4CC[C@H](CCCCCCCCC)CC4)CC3)cc2)nc1. The van der Waals surface area contributed by atoms with Crippen molar-refractivity contribution in [2.45, 2.75) is 187 Å². The summed E-state index contributed by atoms with van der Waals surface area (Å²) >= 11 is 0. The highest BCUT2D eigenvalue weighted by molar-refractivity contribution is 5.75. The quantitative estimate of drug-likeness (QED) is 0.0677. The molecule has 2 saturated carbocycles. The van der Waals surface area contributed by atoms with Crippen molar-refractivity contribution < 1.29 is 9.53 Å². The Morgan fingerprint density at radius 1 is 0.604 bits per heavy atom. The monoisotopic (exact) mass is 659 g/mol. The second-order valence-electron chi connectivity index (χ2n) is 15.6. The number of carbonyl (C=O) groups excluding carboxylic acids is 1. The third kappa shape index (κ3) is 14.3. The van der Waals surface area contributed by atoms with Gasteiger partial charge in [-0.3, -0.25) is 4.79 Å². The van der Waals surface area contributed by atoms with Gasteiger partial charge in [0.2, 0.25) is 0 Å². The predicted octanol–water partition coefficient (Wildman–Crippen LogP) is 13.3. The van der Waals surface area contributed by atoms with Gasteiger partial charge in [0.05, 0.1) is 5.92 Å². The first kappa shape index (κ1) is 38.6. The molecule has 0 amide bonds. The van der Waals surface area contributed by atoms with Gasteiger partial charge in [-0.15, -0.1) is 0 Å². The van der Waals surface area contributed by atoms with E-state index in [4.69, 9.17) is 4.74 Å². The average Bonchev–Trinajstić information content (AvgIpc) is 3.13. The number of carbonyl (C=O) groups is 1. The van der Waals surface area contributed by atoms with Crippen LogP contribution < -0.4 is 4.74 Å². The smallest absolute Gasteiger partial charge is 0.314 e. The number of esters is 1. The number of benzene rings is 1. The molecule has 2 fully saturated rings. The summed E-state index contributed by atoms with van der Waals surface area (Å²) in [5.74, 6) is 4.02. The van der Waals surface area contributed by atoms with E-state index < -0.39 is 0 Å².